The Kier molecular flexibility index (Phi) is 7.50. The van der Waals surface area contributed by atoms with Crippen molar-refractivity contribution in [3.05, 3.63) is 23.4 Å². The minimum atomic E-state index is 0.381. The van der Waals surface area contributed by atoms with E-state index in [4.69, 9.17) is 9.72 Å². The fraction of sp³-hybridized carbons (Fsp3) is 0.750. The second-order valence-electron chi connectivity index (χ2n) is 7.54. The molecule has 0 aromatic carbocycles. The molecule has 0 radical (unpaired) electrons. The third kappa shape index (κ3) is 5.18. The smallest absolute Gasteiger partial charge is 0.129 e. The van der Waals surface area contributed by atoms with Gasteiger partial charge in [0.25, 0.3) is 0 Å². The summed E-state index contributed by atoms with van der Waals surface area (Å²) < 4.78 is 6.11. The number of ether oxygens (including phenoxy) is 1. The minimum absolute atomic E-state index is 0.381. The maximum atomic E-state index is 6.11. The van der Waals surface area contributed by atoms with Crippen molar-refractivity contribution in [2.24, 2.45) is 11.1 Å². The van der Waals surface area contributed by atoms with Crippen LogP contribution in [0.1, 0.15) is 63.6 Å². The van der Waals surface area contributed by atoms with E-state index >= 15 is 0 Å². The Morgan fingerprint density at radius 1 is 1.25 bits per heavy atom. The van der Waals surface area contributed by atoms with E-state index in [2.05, 4.69) is 37.0 Å². The normalized spacial score (nSPS) is 21.4. The van der Waals surface area contributed by atoms with Crippen LogP contribution in [-0.2, 0) is 17.6 Å². The predicted octanol–water partition coefficient (Wildman–Crippen LogP) is 3.93. The van der Waals surface area contributed by atoms with Gasteiger partial charge in [-0.25, -0.2) is 4.98 Å². The summed E-state index contributed by atoms with van der Waals surface area (Å²) in [6.45, 7) is 6.65. The van der Waals surface area contributed by atoms with Gasteiger partial charge in [0, 0.05) is 18.8 Å². The van der Waals surface area contributed by atoms with E-state index in [0.29, 0.717) is 11.5 Å². The van der Waals surface area contributed by atoms with Crippen LogP contribution in [0.4, 0.5) is 5.82 Å². The lowest BCUT2D eigenvalue weighted by molar-refractivity contribution is -0.00702. The summed E-state index contributed by atoms with van der Waals surface area (Å²) in [5, 5.41) is 3.41. The predicted molar refractivity (Wildman–Crippen MR) is 101 cm³/mol. The van der Waals surface area contributed by atoms with E-state index in [-0.39, 0.29) is 0 Å². The van der Waals surface area contributed by atoms with Gasteiger partial charge in [0.05, 0.1) is 6.10 Å². The van der Waals surface area contributed by atoms with E-state index in [9.17, 15) is 0 Å². The number of nitrogens with zero attached hydrogens (tertiary/aromatic N) is 1. The van der Waals surface area contributed by atoms with Crippen LogP contribution in [0, 0.1) is 5.41 Å². The Hall–Kier alpha value is -1.13. The first-order valence-electron chi connectivity index (χ1n) is 9.57. The van der Waals surface area contributed by atoms with Crippen LogP contribution in [0.5, 0.6) is 0 Å². The molecule has 0 amide bonds. The Balaban J connectivity index is 0.00000100. The summed E-state index contributed by atoms with van der Waals surface area (Å²) in [4.78, 5) is 4.76. The molecular formula is C20H35N3O. The molecule has 0 saturated heterocycles. The van der Waals surface area contributed by atoms with Crippen LogP contribution in [0.3, 0.4) is 0 Å². The summed E-state index contributed by atoms with van der Waals surface area (Å²) in [6, 6.07) is 4.45. The highest BCUT2D eigenvalue weighted by molar-refractivity contribution is 5.46. The summed E-state index contributed by atoms with van der Waals surface area (Å²) in [7, 11) is 1.50. The molecule has 2 heterocycles. The number of pyridine rings is 1. The van der Waals surface area contributed by atoms with Gasteiger partial charge in [-0.15, -0.1) is 0 Å². The molecule has 1 aliphatic heterocycles. The molecule has 24 heavy (non-hydrogen) atoms. The van der Waals surface area contributed by atoms with E-state index in [1.165, 1.54) is 56.8 Å². The van der Waals surface area contributed by atoms with Gasteiger partial charge in [-0.3, -0.25) is 0 Å². The molecule has 3 rings (SSSR count). The van der Waals surface area contributed by atoms with Gasteiger partial charge in [-0.05, 0) is 69.0 Å². The van der Waals surface area contributed by atoms with Crippen molar-refractivity contribution in [2.75, 3.05) is 25.5 Å². The number of hydrogen-bond acceptors (Lipinski definition) is 4. The number of fused-ring (bicyclic) bond motifs is 1. The fourth-order valence-corrected chi connectivity index (χ4v) is 3.75. The fourth-order valence-electron chi connectivity index (χ4n) is 3.75. The van der Waals surface area contributed by atoms with Gasteiger partial charge < -0.3 is 15.8 Å². The third-order valence-corrected chi connectivity index (χ3v) is 5.26. The van der Waals surface area contributed by atoms with Gasteiger partial charge in [0.1, 0.15) is 5.82 Å². The highest BCUT2D eigenvalue weighted by Gasteiger charge is 2.34. The molecule has 0 unspecified atom stereocenters. The van der Waals surface area contributed by atoms with Crippen molar-refractivity contribution in [1.82, 2.24) is 4.98 Å². The highest BCUT2D eigenvalue weighted by Crippen LogP contribution is 2.39. The SMILES string of the molecule is CC1(C)CCC[C@H]1OCCCCc1ccc2c(n1)NCCC2.CN. The Labute approximate surface area is 147 Å². The molecule has 4 nitrogen and oxygen atoms in total. The lowest BCUT2D eigenvalue weighted by Gasteiger charge is -2.27. The number of nitrogens with two attached hydrogens (primary N) is 1. The van der Waals surface area contributed by atoms with Gasteiger partial charge in [0.15, 0.2) is 0 Å². The van der Waals surface area contributed by atoms with Gasteiger partial charge in [-0.2, -0.15) is 0 Å². The third-order valence-electron chi connectivity index (χ3n) is 5.26. The lowest BCUT2D eigenvalue weighted by atomic mass is 9.89. The summed E-state index contributed by atoms with van der Waals surface area (Å²) in [5.74, 6) is 1.12. The molecule has 1 aromatic heterocycles. The number of aromatic nitrogens is 1. The van der Waals surface area contributed by atoms with E-state index in [1.807, 2.05) is 0 Å². The monoisotopic (exact) mass is 333 g/mol. The topological polar surface area (TPSA) is 60.2 Å². The zero-order valence-corrected chi connectivity index (χ0v) is 15.7. The number of anilines is 1. The molecule has 0 spiro atoms. The van der Waals surface area contributed by atoms with Crippen molar-refractivity contribution >= 4 is 5.82 Å². The Bertz CT molecular complexity index is 502. The number of nitrogens with one attached hydrogen (secondary N) is 1. The molecule has 4 heteroatoms. The van der Waals surface area contributed by atoms with Crippen LogP contribution in [0.2, 0.25) is 0 Å². The molecule has 1 fully saturated rings. The van der Waals surface area contributed by atoms with E-state index < -0.39 is 0 Å². The lowest BCUT2D eigenvalue weighted by Crippen LogP contribution is -2.26. The molecular weight excluding hydrogens is 298 g/mol. The Morgan fingerprint density at radius 2 is 2.08 bits per heavy atom. The molecule has 1 aromatic rings. The van der Waals surface area contributed by atoms with Crippen molar-refractivity contribution < 1.29 is 4.74 Å². The average molecular weight is 334 g/mol. The first-order valence-corrected chi connectivity index (χ1v) is 9.57. The summed E-state index contributed by atoms with van der Waals surface area (Å²) in [5.41, 5.74) is 7.47. The first kappa shape index (κ1) is 19.2. The van der Waals surface area contributed by atoms with Gasteiger partial charge in [-0.1, -0.05) is 26.3 Å². The summed E-state index contributed by atoms with van der Waals surface area (Å²) >= 11 is 0. The molecule has 3 N–H and O–H groups in total. The van der Waals surface area contributed by atoms with Crippen molar-refractivity contribution in [1.29, 1.82) is 0 Å². The van der Waals surface area contributed by atoms with Crippen molar-refractivity contribution in [2.45, 2.75) is 71.3 Å². The van der Waals surface area contributed by atoms with Crippen LogP contribution in [0.15, 0.2) is 12.1 Å². The minimum Gasteiger partial charge on any atom is -0.378 e. The van der Waals surface area contributed by atoms with Crippen LogP contribution in [-0.4, -0.2) is 31.3 Å². The zero-order chi connectivity index (χ0) is 17.4. The second-order valence-corrected chi connectivity index (χ2v) is 7.54. The van der Waals surface area contributed by atoms with E-state index in [1.54, 1.807) is 0 Å². The quantitative estimate of drug-likeness (QED) is 0.774. The standard InChI is InChI=1S/C19H30N2O.CH5N/c1-19(2)12-5-9-17(19)22-14-4-3-8-16-11-10-15-7-6-13-20-18(15)21-16;1-2/h10-11,17H,3-9,12-14H2,1-2H3,(H,20,21);2H2,1H3/t17-;/m1./s1. The molecule has 1 saturated carbocycles. The van der Waals surface area contributed by atoms with Gasteiger partial charge >= 0.3 is 0 Å². The van der Waals surface area contributed by atoms with Crippen molar-refractivity contribution in [3.63, 3.8) is 0 Å². The van der Waals surface area contributed by atoms with Crippen LogP contribution in [0.25, 0.3) is 0 Å². The zero-order valence-electron chi connectivity index (χ0n) is 15.7. The average Bonchev–Trinajstić information content (AvgIpc) is 2.95. The molecule has 1 atom stereocenters. The number of unbranched alkanes of at least 4 members (excludes halogenated alkanes) is 1. The largest absolute Gasteiger partial charge is 0.378 e. The van der Waals surface area contributed by atoms with Crippen molar-refractivity contribution in [3.8, 4) is 0 Å². The first-order chi connectivity index (χ1) is 11.6. The highest BCUT2D eigenvalue weighted by atomic mass is 16.5. The van der Waals surface area contributed by atoms with E-state index in [0.717, 1.165) is 31.8 Å². The Morgan fingerprint density at radius 3 is 2.83 bits per heavy atom. The summed E-state index contributed by atoms with van der Waals surface area (Å²) in [6.07, 6.45) is 10.1. The van der Waals surface area contributed by atoms with Crippen LogP contribution < -0.4 is 11.1 Å². The second kappa shape index (κ2) is 9.38. The van der Waals surface area contributed by atoms with Gasteiger partial charge in [0.2, 0.25) is 0 Å². The van der Waals surface area contributed by atoms with Crippen LogP contribution >= 0.6 is 0 Å². The molecule has 2 aliphatic rings. The number of rotatable bonds is 6. The molecule has 0 bridgehead atoms. The molecule has 136 valence electrons. The maximum Gasteiger partial charge on any atom is 0.129 e. The number of aryl methyl sites for hydroxylation is 2. The number of hydrogen-bond donors (Lipinski definition) is 2. The molecule has 1 aliphatic carbocycles. The maximum absolute atomic E-state index is 6.11.